The summed E-state index contributed by atoms with van der Waals surface area (Å²) >= 11 is 0. The third-order valence-electron chi connectivity index (χ3n) is 2.11. The van der Waals surface area contributed by atoms with Gasteiger partial charge in [0.2, 0.25) is 0 Å². The molecule has 48 valence electrons. The SMILES string of the molecule is CCCC1(NC)CC1. The van der Waals surface area contributed by atoms with Crippen molar-refractivity contribution in [1.82, 2.24) is 5.32 Å². The van der Waals surface area contributed by atoms with Gasteiger partial charge in [0.1, 0.15) is 0 Å². The molecular weight excluding hydrogens is 98.1 g/mol. The molecule has 0 aliphatic heterocycles. The van der Waals surface area contributed by atoms with Crippen LogP contribution in [0.15, 0.2) is 0 Å². The van der Waals surface area contributed by atoms with Crippen molar-refractivity contribution in [3.05, 3.63) is 0 Å². The molecule has 1 saturated carbocycles. The van der Waals surface area contributed by atoms with Gasteiger partial charge in [0, 0.05) is 5.54 Å². The topological polar surface area (TPSA) is 12.0 Å². The monoisotopic (exact) mass is 113 g/mol. The van der Waals surface area contributed by atoms with Crippen molar-refractivity contribution in [2.75, 3.05) is 7.05 Å². The number of hydrogen-bond donors (Lipinski definition) is 1. The van der Waals surface area contributed by atoms with Crippen LogP contribution in [0.5, 0.6) is 0 Å². The van der Waals surface area contributed by atoms with Gasteiger partial charge in [-0.15, -0.1) is 0 Å². The minimum atomic E-state index is 0.592. The Labute approximate surface area is 51.5 Å². The predicted octanol–water partition coefficient (Wildman–Crippen LogP) is 1.54. The zero-order chi connectivity index (χ0) is 6.04. The molecule has 1 nitrogen and oxygen atoms in total. The standard InChI is InChI=1S/C7H15N/c1-3-4-7(8-2)5-6-7/h8H,3-6H2,1-2H3. The highest BCUT2D eigenvalue weighted by molar-refractivity contribution is 4.99. The lowest BCUT2D eigenvalue weighted by Gasteiger charge is -2.10. The Morgan fingerprint density at radius 1 is 1.50 bits per heavy atom. The summed E-state index contributed by atoms with van der Waals surface area (Å²) in [5, 5.41) is 3.35. The molecule has 0 aromatic carbocycles. The first kappa shape index (κ1) is 6.09. The fraction of sp³-hybridized carbons (Fsp3) is 1.00. The van der Waals surface area contributed by atoms with Crippen molar-refractivity contribution in [3.63, 3.8) is 0 Å². The van der Waals surface area contributed by atoms with Crippen LogP contribution in [0.1, 0.15) is 32.6 Å². The molecule has 1 aliphatic carbocycles. The summed E-state index contributed by atoms with van der Waals surface area (Å²) in [6.07, 6.45) is 5.49. The molecule has 0 spiro atoms. The van der Waals surface area contributed by atoms with Crippen LogP contribution in [-0.4, -0.2) is 12.6 Å². The van der Waals surface area contributed by atoms with E-state index in [1.807, 2.05) is 0 Å². The van der Waals surface area contributed by atoms with E-state index >= 15 is 0 Å². The molecule has 1 N–H and O–H groups in total. The molecule has 0 unspecified atom stereocenters. The zero-order valence-corrected chi connectivity index (χ0v) is 5.83. The van der Waals surface area contributed by atoms with E-state index in [1.165, 1.54) is 25.7 Å². The van der Waals surface area contributed by atoms with Crippen LogP contribution in [0.2, 0.25) is 0 Å². The summed E-state index contributed by atoms with van der Waals surface area (Å²) in [5.41, 5.74) is 0.592. The third-order valence-corrected chi connectivity index (χ3v) is 2.11. The normalized spacial score (nSPS) is 23.2. The van der Waals surface area contributed by atoms with Gasteiger partial charge in [-0.1, -0.05) is 13.3 Å². The van der Waals surface area contributed by atoms with Crippen LogP contribution < -0.4 is 5.32 Å². The number of rotatable bonds is 3. The third kappa shape index (κ3) is 1.03. The van der Waals surface area contributed by atoms with E-state index in [4.69, 9.17) is 0 Å². The summed E-state index contributed by atoms with van der Waals surface area (Å²) < 4.78 is 0. The lowest BCUT2D eigenvalue weighted by Crippen LogP contribution is -2.26. The molecule has 1 rings (SSSR count). The average Bonchev–Trinajstić information content (AvgIpc) is 2.50. The maximum Gasteiger partial charge on any atom is 0.0179 e. The highest BCUT2D eigenvalue weighted by Gasteiger charge is 2.39. The maximum absolute atomic E-state index is 3.35. The fourth-order valence-corrected chi connectivity index (χ4v) is 1.25. The summed E-state index contributed by atoms with van der Waals surface area (Å²) in [4.78, 5) is 0. The molecule has 0 bridgehead atoms. The van der Waals surface area contributed by atoms with Crippen molar-refractivity contribution in [1.29, 1.82) is 0 Å². The Hall–Kier alpha value is -0.0400. The van der Waals surface area contributed by atoms with Gasteiger partial charge in [0.25, 0.3) is 0 Å². The summed E-state index contributed by atoms with van der Waals surface area (Å²) in [6, 6.07) is 0. The molecule has 0 amide bonds. The molecule has 1 fully saturated rings. The highest BCUT2D eigenvalue weighted by atomic mass is 15.0. The first-order valence-electron chi connectivity index (χ1n) is 3.52. The minimum absolute atomic E-state index is 0.592. The van der Waals surface area contributed by atoms with Gasteiger partial charge in [-0.3, -0.25) is 0 Å². The van der Waals surface area contributed by atoms with Gasteiger partial charge in [-0.25, -0.2) is 0 Å². The van der Waals surface area contributed by atoms with Gasteiger partial charge in [0.15, 0.2) is 0 Å². The molecule has 1 heteroatoms. The van der Waals surface area contributed by atoms with Crippen LogP contribution in [0, 0.1) is 0 Å². The molecule has 0 radical (unpaired) electrons. The number of nitrogens with one attached hydrogen (secondary N) is 1. The Morgan fingerprint density at radius 3 is 2.25 bits per heavy atom. The van der Waals surface area contributed by atoms with Gasteiger partial charge >= 0.3 is 0 Å². The highest BCUT2D eigenvalue weighted by Crippen LogP contribution is 2.38. The van der Waals surface area contributed by atoms with Crippen LogP contribution in [0.3, 0.4) is 0 Å². The summed E-state index contributed by atoms with van der Waals surface area (Å²) in [6.45, 7) is 2.25. The van der Waals surface area contributed by atoms with E-state index in [0.29, 0.717) is 5.54 Å². The van der Waals surface area contributed by atoms with Gasteiger partial charge in [-0.05, 0) is 26.3 Å². The molecular formula is C7H15N. The minimum Gasteiger partial charge on any atom is -0.314 e. The molecule has 1 aliphatic rings. The van der Waals surface area contributed by atoms with Crippen LogP contribution in [0.4, 0.5) is 0 Å². The zero-order valence-electron chi connectivity index (χ0n) is 5.83. The second-order valence-electron chi connectivity index (χ2n) is 2.78. The molecule has 0 aromatic heterocycles. The molecule has 0 aromatic rings. The van der Waals surface area contributed by atoms with E-state index in [1.54, 1.807) is 0 Å². The van der Waals surface area contributed by atoms with Crippen LogP contribution >= 0.6 is 0 Å². The number of hydrogen-bond acceptors (Lipinski definition) is 1. The maximum atomic E-state index is 3.35. The smallest absolute Gasteiger partial charge is 0.0179 e. The second kappa shape index (κ2) is 2.06. The quantitative estimate of drug-likeness (QED) is 0.585. The lowest BCUT2D eigenvalue weighted by atomic mass is 10.1. The van der Waals surface area contributed by atoms with Gasteiger partial charge < -0.3 is 5.32 Å². The van der Waals surface area contributed by atoms with Crippen molar-refractivity contribution in [2.45, 2.75) is 38.1 Å². The summed E-state index contributed by atoms with van der Waals surface area (Å²) in [5.74, 6) is 0. The van der Waals surface area contributed by atoms with Crippen molar-refractivity contribution < 1.29 is 0 Å². The first-order valence-corrected chi connectivity index (χ1v) is 3.52. The van der Waals surface area contributed by atoms with E-state index in [2.05, 4.69) is 19.3 Å². The van der Waals surface area contributed by atoms with Crippen molar-refractivity contribution >= 4 is 0 Å². The van der Waals surface area contributed by atoms with E-state index in [0.717, 1.165) is 0 Å². The van der Waals surface area contributed by atoms with E-state index in [9.17, 15) is 0 Å². The molecule has 0 saturated heterocycles. The van der Waals surface area contributed by atoms with Crippen LogP contribution in [-0.2, 0) is 0 Å². The largest absolute Gasteiger partial charge is 0.314 e. The average molecular weight is 113 g/mol. The Kier molecular flexibility index (Phi) is 1.57. The predicted molar refractivity (Wildman–Crippen MR) is 35.9 cm³/mol. The van der Waals surface area contributed by atoms with E-state index in [-0.39, 0.29) is 0 Å². The second-order valence-corrected chi connectivity index (χ2v) is 2.78. The first-order chi connectivity index (χ1) is 3.83. The Balaban J connectivity index is 2.20. The lowest BCUT2D eigenvalue weighted by molar-refractivity contribution is 0.503. The fourth-order valence-electron chi connectivity index (χ4n) is 1.25. The summed E-state index contributed by atoms with van der Waals surface area (Å²) in [7, 11) is 2.07. The molecule has 0 heterocycles. The van der Waals surface area contributed by atoms with Crippen LogP contribution in [0.25, 0.3) is 0 Å². The van der Waals surface area contributed by atoms with Crippen molar-refractivity contribution in [2.24, 2.45) is 0 Å². The van der Waals surface area contributed by atoms with Gasteiger partial charge in [-0.2, -0.15) is 0 Å². The Bertz CT molecular complexity index is 74.5. The molecule has 0 atom stereocenters. The van der Waals surface area contributed by atoms with Gasteiger partial charge in [0.05, 0.1) is 0 Å². The molecule has 8 heavy (non-hydrogen) atoms. The Morgan fingerprint density at radius 2 is 2.12 bits per heavy atom. The van der Waals surface area contributed by atoms with Crippen molar-refractivity contribution in [3.8, 4) is 0 Å². The van der Waals surface area contributed by atoms with E-state index < -0.39 is 0 Å².